The smallest absolute Gasteiger partial charge is 0.255 e. The molecule has 164 valence electrons. The van der Waals surface area contributed by atoms with Crippen molar-refractivity contribution in [3.05, 3.63) is 54.1 Å². The van der Waals surface area contributed by atoms with Crippen molar-refractivity contribution in [3.8, 4) is 0 Å². The molecule has 7 nitrogen and oxygen atoms in total. The second-order valence-electron chi connectivity index (χ2n) is 8.14. The minimum absolute atomic E-state index is 0.0241. The van der Waals surface area contributed by atoms with Gasteiger partial charge in [-0.2, -0.15) is 4.31 Å². The summed E-state index contributed by atoms with van der Waals surface area (Å²) in [5.41, 5.74) is 1.37. The number of benzene rings is 2. The summed E-state index contributed by atoms with van der Waals surface area (Å²) in [5.74, 6) is -0.317. The lowest BCUT2D eigenvalue weighted by Gasteiger charge is -2.20. The minimum atomic E-state index is -3.60. The van der Waals surface area contributed by atoms with Crippen LogP contribution in [0.3, 0.4) is 0 Å². The van der Waals surface area contributed by atoms with Gasteiger partial charge in [-0.15, -0.1) is 0 Å². The first kappa shape index (κ1) is 21.5. The normalized spacial score (nSPS) is 17.5. The molecule has 2 aromatic rings. The highest BCUT2D eigenvalue weighted by atomic mass is 32.2. The van der Waals surface area contributed by atoms with Crippen LogP contribution < -0.4 is 10.6 Å². The Hall–Kier alpha value is -2.71. The van der Waals surface area contributed by atoms with E-state index in [1.54, 1.807) is 42.5 Å². The third-order valence-corrected chi connectivity index (χ3v) is 7.53. The highest BCUT2D eigenvalue weighted by Crippen LogP contribution is 2.30. The highest BCUT2D eigenvalue weighted by Gasteiger charge is 2.29. The quantitative estimate of drug-likeness (QED) is 0.712. The monoisotopic (exact) mass is 441 g/mol. The molecule has 2 aromatic carbocycles. The number of nitrogens with one attached hydrogen (secondary N) is 2. The summed E-state index contributed by atoms with van der Waals surface area (Å²) in [6, 6.07) is 13.1. The first-order chi connectivity index (χ1) is 14.9. The van der Waals surface area contributed by atoms with Crippen molar-refractivity contribution >= 4 is 33.2 Å². The zero-order valence-electron chi connectivity index (χ0n) is 17.3. The number of rotatable bonds is 6. The van der Waals surface area contributed by atoms with Crippen LogP contribution in [0.15, 0.2) is 53.4 Å². The average molecular weight is 442 g/mol. The van der Waals surface area contributed by atoms with E-state index in [4.69, 9.17) is 0 Å². The molecule has 1 heterocycles. The fourth-order valence-electron chi connectivity index (χ4n) is 3.70. The molecule has 2 N–H and O–H groups in total. The van der Waals surface area contributed by atoms with Gasteiger partial charge in [-0.05, 0) is 62.1 Å². The largest absolute Gasteiger partial charge is 0.326 e. The summed E-state index contributed by atoms with van der Waals surface area (Å²) in [4.78, 5) is 24.9. The molecule has 2 fully saturated rings. The number of amides is 2. The summed E-state index contributed by atoms with van der Waals surface area (Å²) in [6.45, 7) is 1.05. The molecular formula is C23H27N3O4S. The van der Waals surface area contributed by atoms with Gasteiger partial charge in [0.1, 0.15) is 0 Å². The van der Waals surface area contributed by atoms with Crippen molar-refractivity contribution in [1.29, 1.82) is 0 Å². The van der Waals surface area contributed by atoms with Gasteiger partial charge in [0.15, 0.2) is 0 Å². The van der Waals surface area contributed by atoms with Crippen molar-refractivity contribution in [2.45, 2.75) is 43.4 Å². The molecule has 1 aliphatic heterocycles. The third kappa shape index (κ3) is 5.32. The molecule has 31 heavy (non-hydrogen) atoms. The number of carbonyl (C=O) groups excluding carboxylic acids is 2. The SMILES string of the molecule is O=C(Nc1cccc(S(=O)(=O)N2CCCCCC2)c1)c1cccc(NC(=O)C2CC2)c1. The topological polar surface area (TPSA) is 95.6 Å². The first-order valence-electron chi connectivity index (χ1n) is 10.8. The highest BCUT2D eigenvalue weighted by molar-refractivity contribution is 7.89. The van der Waals surface area contributed by atoms with Crippen LogP contribution in [0.5, 0.6) is 0 Å². The molecule has 0 radical (unpaired) electrons. The van der Waals surface area contributed by atoms with Gasteiger partial charge in [0.2, 0.25) is 15.9 Å². The Kier molecular flexibility index (Phi) is 6.38. The molecule has 1 saturated heterocycles. The first-order valence-corrected chi connectivity index (χ1v) is 12.2. The van der Waals surface area contributed by atoms with Crippen molar-refractivity contribution < 1.29 is 18.0 Å². The number of nitrogens with zero attached hydrogens (tertiary/aromatic N) is 1. The van der Waals surface area contributed by atoms with Gasteiger partial charge in [-0.1, -0.05) is 25.0 Å². The van der Waals surface area contributed by atoms with Crippen molar-refractivity contribution in [2.75, 3.05) is 23.7 Å². The van der Waals surface area contributed by atoms with E-state index in [-0.39, 0.29) is 22.6 Å². The maximum Gasteiger partial charge on any atom is 0.255 e. The Labute approximate surface area is 182 Å². The Morgan fingerprint density at radius 1 is 0.839 bits per heavy atom. The maximum absolute atomic E-state index is 13.0. The predicted molar refractivity (Wildman–Crippen MR) is 119 cm³/mol. The summed E-state index contributed by atoms with van der Waals surface area (Å²) < 4.78 is 27.6. The van der Waals surface area contributed by atoms with Crippen LogP contribution in [-0.4, -0.2) is 37.6 Å². The van der Waals surface area contributed by atoms with Gasteiger partial charge in [0, 0.05) is 35.9 Å². The molecule has 0 bridgehead atoms. The maximum atomic E-state index is 13.0. The molecule has 4 rings (SSSR count). The number of anilines is 2. The van der Waals surface area contributed by atoms with E-state index in [1.807, 2.05) is 0 Å². The standard InChI is InChI=1S/C23H27N3O4S/c27-22(17-11-12-17)24-19-8-5-7-18(15-19)23(28)25-20-9-6-10-21(16-20)31(29,30)26-13-3-1-2-4-14-26/h5-10,15-17H,1-4,11-14H2,(H,24,27)(H,25,28). The van der Waals surface area contributed by atoms with Gasteiger partial charge < -0.3 is 10.6 Å². The molecule has 2 aliphatic rings. The van der Waals surface area contributed by atoms with E-state index < -0.39 is 10.0 Å². The number of sulfonamides is 1. The van der Waals surface area contributed by atoms with Crippen molar-refractivity contribution in [3.63, 3.8) is 0 Å². The van der Waals surface area contributed by atoms with Gasteiger partial charge >= 0.3 is 0 Å². The number of hydrogen-bond donors (Lipinski definition) is 2. The molecule has 0 unspecified atom stereocenters. The fraction of sp³-hybridized carbons (Fsp3) is 0.391. The lowest BCUT2D eigenvalue weighted by molar-refractivity contribution is -0.117. The van der Waals surface area contributed by atoms with Crippen molar-refractivity contribution in [1.82, 2.24) is 4.31 Å². The van der Waals surface area contributed by atoms with Crippen LogP contribution in [0.2, 0.25) is 0 Å². The van der Waals surface area contributed by atoms with Crippen LogP contribution in [0.1, 0.15) is 48.9 Å². The molecule has 0 spiro atoms. The van der Waals surface area contributed by atoms with Crippen LogP contribution >= 0.6 is 0 Å². The summed E-state index contributed by atoms with van der Waals surface area (Å²) in [7, 11) is -3.60. The fourth-order valence-corrected chi connectivity index (χ4v) is 5.26. The van der Waals surface area contributed by atoms with E-state index in [0.29, 0.717) is 30.0 Å². The van der Waals surface area contributed by atoms with E-state index in [9.17, 15) is 18.0 Å². The van der Waals surface area contributed by atoms with Crippen LogP contribution in [0, 0.1) is 5.92 Å². The minimum Gasteiger partial charge on any atom is -0.326 e. The van der Waals surface area contributed by atoms with E-state index in [0.717, 1.165) is 38.5 Å². The van der Waals surface area contributed by atoms with Crippen LogP contribution in [0.25, 0.3) is 0 Å². The summed E-state index contributed by atoms with van der Waals surface area (Å²) in [5, 5.41) is 5.60. The molecule has 8 heteroatoms. The Balaban J connectivity index is 1.47. The average Bonchev–Trinajstić information content (AvgIpc) is 3.61. The summed E-state index contributed by atoms with van der Waals surface area (Å²) >= 11 is 0. The van der Waals surface area contributed by atoms with Gasteiger partial charge in [0.05, 0.1) is 4.90 Å². The molecule has 1 saturated carbocycles. The van der Waals surface area contributed by atoms with E-state index in [2.05, 4.69) is 10.6 Å². The molecule has 1 aliphatic carbocycles. The van der Waals surface area contributed by atoms with Gasteiger partial charge in [-0.3, -0.25) is 9.59 Å². The Morgan fingerprint density at radius 3 is 2.16 bits per heavy atom. The summed E-state index contributed by atoms with van der Waals surface area (Å²) in [6.07, 6.45) is 5.63. The number of carbonyl (C=O) groups is 2. The molecule has 0 atom stereocenters. The molecule has 2 amide bonds. The van der Waals surface area contributed by atoms with E-state index >= 15 is 0 Å². The Bertz CT molecular complexity index is 1070. The zero-order valence-corrected chi connectivity index (χ0v) is 18.2. The van der Waals surface area contributed by atoms with Crippen LogP contribution in [0.4, 0.5) is 11.4 Å². The van der Waals surface area contributed by atoms with Gasteiger partial charge in [-0.25, -0.2) is 8.42 Å². The van der Waals surface area contributed by atoms with Crippen molar-refractivity contribution in [2.24, 2.45) is 5.92 Å². The van der Waals surface area contributed by atoms with E-state index in [1.165, 1.54) is 10.4 Å². The molecule has 0 aromatic heterocycles. The Morgan fingerprint density at radius 2 is 1.48 bits per heavy atom. The second kappa shape index (κ2) is 9.20. The van der Waals surface area contributed by atoms with Gasteiger partial charge in [0.25, 0.3) is 5.91 Å². The zero-order chi connectivity index (χ0) is 21.8. The predicted octanol–water partition coefficient (Wildman–Crippen LogP) is 3.85. The van der Waals surface area contributed by atoms with Crippen LogP contribution in [-0.2, 0) is 14.8 Å². The third-order valence-electron chi connectivity index (χ3n) is 5.64. The number of hydrogen-bond acceptors (Lipinski definition) is 4. The second-order valence-corrected chi connectivity index (χ2v) is 10.1. The lowest BCUT2D eigenvalue weighted by Crippen LogP contribution is -2.32. The molecular weight excluding hydrogens is 414 g/mol. The lowest BCUT2D eigenvalue weighted by atomic mass is 10.1.